The van der Waals surface area contributed by atoms with Gasteiger partial charge in [0.2, 0.25) is 5.91 Å². The van der Waals surface area contributed by atoms with Crippen LogP contribution in [0.25, 0.3) is 0 Å². The Balaban J connectivity index is 0.000000328. The average molecular weight is 677 g/mol. The minimum atomic E-state index is -2.74. The predicted octanol–water partition coefficient (Wildman–Crippen LogP) is 2.72. The summed E-state index contributed by atoms with van der Waals surface area (Å²) in [5.41, 5.74) is 0.504. The molecule has 2 atom stereocenters. The van der Waals surface area contributed by atoms with Crippen LogP contribution in [0.1, 0.15) is 48.8 Å². The number of carbonyl (C=O) groups excluding carboxylic acids is 1. The van der Waals surface area contributed by atoms with Gasteiger partial charge in [0.15, 0.2) is 5.60 Å². The largest absolute Gasteiger partial charge is 0.508 e. The fourth-order valence-corrected chi connectivity index (χ4v) is 6.71. The number of phenols is 1. The van der Waals surface area contributed by atoms with Gasteiger partial charge in [-0.1, -0.05) is 35.9 Å². The Hall–Kier alpha value is -3.75. The van der Waals surface area contributed by atoms with Crippen LogP contribution >= 0.6 is 11.6 Å². The molecule has 0 saturated carbocycles. The van der Waals surface area contributed by atoms with E-state index in [1.165, 1.54) is 11.1 Å². The molecule has 0 aliphatic carbocycles. The third kappa shape index (κ3) is 8.99. The highest BCUT2D eigenvalue weighted by Gasteiger charge is 2.43. The second kappa shape index (κ2) is 15.4. The minimum Gasteiger partial charge on any atom is -0.508 e. The van der Waals surface area contributed by atoms with Crippen molar-refractivity contribution < 1.29 is 54.2 Å². The maximum Gasteiger partial charge on any atom is 0.336 e. The first-order chi connectivity index (χ1) is 22.2. The fourth-order valence-electron chi connectivity index (χ4n) is 6.51. The molecule has 3 aliphatic rings. The lowest BCUT2D eigenvalue weighted by Crippen LogP contribution is -2.47. The van der Waals surface area contributed by atoms with Crippen molar-refractivity contribution in [3.05, 3.63) is 64.2 Å². The molecule has 5 rings (SSSR count). The van der Waals surface area contributed by atoms with Crippen molar-refractivity contribution in [3.8, 4) is 5.75 Å². The minimum absolute atomic E-state index is 0.100. The van der Waals surface area contributed by atoms with Crippen molar-refractivity contribution in [1.29, 1.82) is 0 Å². The standard InChI is InChI=1S/C27H33ClN2O4.C6H8O7/c1-33-23-8-11-30(17-23)26(32)21(14-20-15-22(31)6-7-25(20)28)16-29-12-9-27(10-13-29)24-5-3-2-4-19(24)18-34-27;7-3(8)1-6(13,5(11)12)2-4(9)10/h2-7,15,21,23,31H,8-14,16-18H2,1H3;13H,1-2H2,(H,7,8)(H,9,10)(H,11,12). The number of fused-ring (bicyclic) bond motifs is 2. The summed E-state index contributed by atoms with van der Waals surface area (Å²) in [6.07, 6.45) is 1.03. The highest BCUT2D eigenvalue weighted by atomic mass is 35.5. The van der Waals surface area contributed by atoms with Crippen LogP contribution in [0.2, 0.25) is 5.02 Å². The normalized spacial score (nSPS) is 19.5. The van der Waals surface area contributed by atoms with Crippen LogP contribution in [0, 0.1) is 5.92 Å². The van der Waals surface area contributed by atoms with Gasteiger partial charge in [-0.2, -0.15) is 0 Å². The molecule has 1 amide bonds. The van der Waals surface area contributed by atoms with Crippen LogP contribution in [-0.2, 0) is 47.3 Å². The van der Waals surface area contributed by atoms with Crippen LogP contribution in [0.15, 0.2) is 42.5 Å². The molecule has 2 unspecified atom stereocenters. The summed E-state index contributed by atoms with van der Waals surface area (Å²) >= 11 is 6.44. The van der Waals surface area contributed by atoms with Crippen LogP contribution in [0.5, 0.6) is 5.75 Å². The maximum absolute atomic E-state index is 13.6. The van der Waals surface area contributed by atoms with Gasteiger partial charge in [0.25, 0.3) is 0 Å². The van der Waals surface area contributed by atoms with Crippen molar-refractivity contribution in [2.45, 2.75) is 62.4 Å². The average Bonchev–Trinajstić information content (AvgIpc) is 3.64. The fraction of sp³-hybridized carbons (Fsp3) is 0.515. The van der Waals surface area contributed by atoms with E-state index in [1.807, 2.05) is 4.90 Å². The number of aliphatic carboxylic acids is 3. The van der Waals surface area contributed by atoms with E-state index < -0.39 is 36.4 Å². The van der Waals surface area contributed by atoms with Gasteiger partial charge in [-0.3, -0.25) is 14.4 Å². The molecule has 1 spiro atoms. The Morgan fingerprint density at radius 1 is 1.04 bits per heavy atom. The van der Waals surface area contributed by atoms with Gasteiger partial charge in [-0.25, -0.2) is 4.79 Å². The number of carboxylic acids is 3. The number of rotatable bonds is 11. The molecule has 2 fully saturated rings. The molecule has 256 valence electrons. The first-order valence-electron chi connectivity index (χ1n) is 15.4. The second-order valence-electron chi connectivity index (χ2n) is 12.3. The third-order valence-electron chi connectivity index (χ3n) is 9.07. The lowest BCUT2D eigenvalue weighted by molar-refractivity contribution is -0.170. The van der Waals surface area contributed by atoms with Crippen LogP contribution in [0.4, 0.5) is 0 Å². The summed E-state index contributed by atoms with van der Waals surface area (Å²) < 4.78 is 11.8. The molecule has 0 bridgehead atoms. The van der Waals surface area contributed by atoms with Crippen molar-refractivity contribution >= 4 is 35.4 Å². The van der Waals surface area contributed by atoms with Gasteiger partial charge in [0.1, 0.15) is 5.75 Å². The lowest BCUT2D eigenvalue weighted by Gasteiger charge is -2.40. The molecule has 3 aliphatic heterocycles. The molecule has 2 saturated heterocycles. The first kappa shape index (κ1) is 36.1. The Morgan fingerprint density at radius 3 is 2.30 bits per heavy atom. The molecular weight excluding hydrogens is 636 g/mol. The number of phenolic OH excluding ortho intramolecular Hbond substituents is 1. The number of ether oxygens (including phenoxy) is 2. The number of hydrogen-bond acceptors (Lipinski definition) is 9. The van der Waals surface area contributed by atoms with E-state index in [9.17, 15) is 24.3 Å². The highest BCUT2D eigenvalue weighted by Crippen LogP contribution is 2.44. The zero-order valence-corrected chi connectivity index (χ0v) is 26.9. The molecule has 13 nitrogen and oxygen atoms in total. The second-order valence-corrected chi connectivity index (χ2v) is 12.7. The van der Waals surface area contributed by atoms with Gasteiger partial charge < -0.3 is 44.8 Å². The van der Waals surface area contributed by atoms with Crippen molar-refractivity contribution in [1.82, 2.24) is 9.80 Å². The molecule has 0 radical (unpaired) electrons. The van der Waals surface area contributed by atoms with Gasteiger partial charge in [0, 0.05) is 44.9 Å². The molecule has 2 aromatic rings. The predicted molar refractivity (Wildman–Crippen MR) is 168 cm³/mol. The van der Waals surface area contributed by atoms with E-state index >= 15 is 0 Å². The summed E-state index contributed by atoms with van der Waals surface area (Å²) in [5, 5.41) is 44.4. The lowest BCUT2D eigenvalue weighted by atomic mass is 9.83. The molecule has 47 heavy (non-hydrogen) atoms. The van der Waals surface area contributed by atoms with Crippen molar-refractivity contribution in [2.24, 2.45) is 5.92 Å². The number of likely N-dealkylation sites (tertiary alicyclic amines) is 2. The van der Waals surface area contributed by atoms with Crippen LogP contribution < -0.4 is 0 Å². The van der Waals surface area contributed by atoms with E-state index in [-0.39, 0.29) is 29.3 Å². The highest BCUT2D eigenvalue weighted by molar-refractivity contribution is 6.31. The Bertz CT molecular complexity index is 1440. The Labute approximate surface area is 277 Å². The number of aliphatic hydroxyl groups is 1. The topological polar surface area (TPSA) is 194 Å². The summed E-state index contributed by atoms with van der Waals surface area (Å²) in [6.45, 7) is 4.46. The molecular formula is C33H41ClN2O11. The summed E-state index contributed by atoms with van der Waals surface area (Å²) in [7, 11) is 1.70. The number of halogens is 1. The number of carboxylic acid groups (broad SMARTS) is 3. The molecule has 0 aromatic heterocycles. The van der Waals surface area contributed by atoms with E-state index in [0.29, 0.717) is 31.1 Å². The third-order valence-corrected chi connectivity index (χ3v) is 9.44. The van der Waals surface area contributed by atoms with E-state index in [4.69, 9.17) is 41.5 Å². The maximum atomic E-state index is 13.6. The number of amides is 1. The summed E-state index contributed by atoms with van der Waals surface area (Å²) in [4.78, 5) is 48.4. The quantitative estimate of drug-likeness (QED) is 0.234. The van der Waals surface area contributed by atoms with Gasteiger partial charge in [-0.15, -0.1) is 0 Å². The number of aromatic hydroxyl groups is 1. The Kier molecular flexibility index (Phi) is 11.9. The monoisotopic (exact) mass is 676 g/mol. The van der Waals surface area contributed by atoms with Gasteiger partial charge in [0.05, 0.1) is 37.1 Å². The van der Waals surface area contributed by atoms with Crippen molar-refractivity contribution in [2.75, 3.05) is 39.8 Å². The number of benzene rings is 2. The number of nitrogens with zero attached hydrogens (tertiary/aromatic N) is 2. The number of hydrogen-bond donors (Lipinski definition) is 5. The Morgan fingerprint density at radius 2 is 1.70 bits per heavy atom. The number of piperidine rings is 1. The van der Waals surface area contributed by atoms with Gasteiger partial charge >= 0.3 is 17.9 Å². The van der Waals surface area contributed by atoms with Gasteiger partial charge in [-0.05, 0) is 60.6 Å². The molecule has 3 heterocycles. The number of carbonyl (C=O) groups is 4. The summed E-state index contributed by atoms with van der Waals surface area (Å²) in [5.74, 6) is -4.94. The van der Waals surface area contributed by atoms with E-state index in [1.54, 1.807) is 25.3 Å². The zero-order chi connectivity index (χ0) is 34.4. The molecule has 5 N–H and O–H groups in total. The SMILES string of the molecule is COC1CCN(C(=O)C(Cc2cc(O)ccc2Cl)CN2CCC3(CC2)OCc2ccccc23)C1.O=C(O)CC(O)(CC(=O)O)C(=O)O. The smallest absolute Gasteiger partial charge is 0.336 e. The summed E-state index contributed by atoms with van der Waals surface area (Å²) in [6, 6.07) is 13.5. The van der Waals surface area contributed by atoms with E-state index in [0.717, 1.165) is 44.5 Å². The first-order valence-corrected chi connectivity index (χ1v) is 15.8. The van der Waals surface area contributed by atoms with Crippen molar-refractivity contribution in [3.63, 3.8) is 0 Å². The zero-order valence-electron chi connectivity index (χ0n) is 26.1. The molecule has 2 aromatic carbocycles. The van der Waals surface area contributed by atoms with E-state index in [2.05, 4.69) is 29.2 Å². The molecule has 14 heteroatoms. The van der Waals surface area contributed by atoms with Crippen LogP contribution in [0.3, 0.4) is 0 Å². The number of methoxy groups -OCH3 is 1. The van der Waals surface area contributed by atoms with Crippen LogP contribution in [-0.4, -0.2) is 111 Å².